The third kappa shape index (κ3) is 4.96. The van der Waals surface area contributed by atoms with Gasteiger partial charge in [-0.25, -0.2) is 0 Å². The second-order valence-electron chi connectivity index (χ2n) is 18.2. The lowest BCUT2D eigenvalue weighted by Crippen LogP contribution is -2.30. The zero-order chi connectivity index (χ0) is 39.6. The molecule has 280 valence electrons. The molecule has 2 aliphatic carbocycles. The van der Waals surface area contributed by atoms with E-state index in [1.807, 2.05) is 0 Å². The molecule has 1 heterocycles. The second kappa shape index (κ2) is 12.3. The van der Waals surface area contributed by atoms with E-state index in [9.17, 15) is 0 Å². The Morgan fingerprint density at radius 3 is 1.10 bits per heavy atom. The Hall–Kier alpha value is -6.44. The summed E-state index contributed by atoms with van der Waals surface area (Å²) < 4.78 is 0. The summed E-state index contributed by atoms with van der Waals surface area (Å²) in [6.45, 7) is 14.3. The summed E-state index contributed by atoms with van der Waals surface area (Å²) >= 11 is 0. The van der Waals surface area contributed by atoms with Crippen molar-refractivity contribution in [3.05, 3.63) is 209 Å². The predicted molar refractivity (Wildman–Crippen MR) is 245 cm³/mol. The van der Waals surface area contributed by atoms with Crippen molar-refractivity contribution in [1.29, 1.82) is 0 Å². The molecule has 0 atom stereocenters. The van der Waals surface area contributed by atoms with Gasteiger partial charge in [0.1, 0.15) is 0 Å². The number of rotatable bonds is 4. The fourth-order valence-corrected chi connectivity index (χ4v) is 10.6. The fraction of sp³-hybridized carbons (Fsp3) is 0.158. The highest BCUT2D eigenvalue weighted by atomic mass is 15.2. The Morgan fingerprint density at radius 2 is 0.621 bits per heavy atom. The lowest BCUT2D eigenvalue weighted by atomic mass is 9.72. The van der Waals surface area contributed by atoms with Gasteiger partial charge in [0, 0.05) is 21.9 Å². The van der Waals surface area contributed by atoms with Gasteiger partial charge in [0.2, 0.25) is 0 Å². The highest BCUT2D eigenvalue weighted by Gasteiger charge is 2.39. The Labute approximate surface area is 343 Å². The molecule has 8 aromatic rings. The Balaban J connectivity index is 1.06. The third-order valence-electron chi connectivity index (χ3n) is 13.9. The van der Waals surface area contributed by atoms with Crippen LogP contribution in [0.5, 0.6) is 0 Å². The van der Waals surface area contributed by atoms with Gasteiger partial charge in [0.15, 0.2) is 0 Å². The number of fused-ring (bicyclic) bond motifs is 8. The molecule has 3 aliphatic rings. The van der Waals surface area contributed by atoms with Gasteiger partial charge in [-0.3, -0.25) is 0 Å². The van der Waals surface area contributed by atoms with Crippen LogP contribution in [0.4, 0.5) is 17.1 Å². The molecule has 0 spiro atoms. The van der Waals surface area contributed by atoms with Crippen molar-refractivity contribution in [2.24, 2.45) is 0 Å². The lowest BCUT2D eigenvalue weighted by molar-refractivity contribution is 0.632. The summed E-state index contributed by atoms with van der Waals surface area (Å²) in [7, 11) is 0. The number of nitrogens with zero attached hydrogens (tertiary/aromatic N) is 1. The largest absolute Gasteiger partial charge is 0.310 e. The Bertz CT molecular complexity index is 2800. The van der Waals surface area contributed by atoms with Crippen LogP contribution in [-0.4, -0.2) is 0 Å². The Morgan fingerprint density at radius 1 is 0.276 bits per heavy atom. The van der Waals surface area contributed by atoms with Gasteiger partial charge in [-0.1, -0.05) is 169 Å². The van der Waals surface area contributed by atoms with E-state index in [1.165, 1.54) is 100 Å². The van der Waals surface area contributed by atoms with Crippen LogP contribution in [0.3, 0.4) is 0 Å². The van der Waals surface area contributed by atoms with Crippen molar-refractivity contribution in [2.45, 2.75) is 57.8 Å². The summed E-state index contributed by atoms with van der Waals surface area (Å²) in [5.74, 6) is 0. The molecule has 58 heavy (non-hydrogen) atoms. The van der Waals surface area contributed by atoms with Crippen molar-refractivity contribution in [1.82, 2.24) is 0 Å². The van der Waals surface area contributed by atoms with Gasteiger partial charge in [-0.05, 0) is 138 Å². The maximum absolute atomic E-state index is 2.49. The summed E-state index contributed by atoms with van der Waals surface area (Å²) in [5, 5.41) is 0. The van der Waals surface area contributed by atoms with Crippen LogP contribution in [-0.2, 0) is 16.2 Å². The molecule has 1 heteroatoms. The summed E-state index contributed by atoms with van der Waals surface area (Å²) in [6.07, 6.45) is 0. The average molecular weight is 746 g/mol. The Kier molecular flexibility index (Phi) is 7.36. The first-order chi connectivity index (χ1) is 28.0. The smallest absolute Gasteiger partial charge is 0.0503 e. The number of benzene rings is 8. The summed E-state index contributed by atoms with van der Waals surface area (Å²) in [5.41, 5.74) is 24.4. The SMILES string of the molecule is CC1(C)c2ccccc2-c2ccc(-c3ccc4c(c3)C(C)(C)c3cc(-c5ccc6c(c5)C(C)(C)c5ccccc5-6)ccc3N4c3ccc(-c4ccccc4)cc3)cc21. The molecule has 0 saturated carbocycles. The lowest BCUT2D eigenvalue weighted by Gasteiger charge is -2.42. The van der Waals surface area contributed by atoms with E-state index in [0.717, 1.165) is 5.69 Å². The number of hydrogen-bond donors (Lipinski definition) is 0. The van der Waals surface area contributed by atoms with E-state index in [4.69, 9.17) is 0 Å². The second-order valence-corrected chi connectivity index (χ2v) is 18.2. The molecule has 0 fully saturated rings. The summed E-state index contributed by atoms with van der Waals surface area (Å²) in [4.78, 5) is 2.49. The first kappa shape index (κ1) is 34.8. The van der Waals surface area contributed by atoms with Crippen LogP contribution < -0.4 is 4.90 Å². The molecule has 0 N–H and O–H groups in total. The van der Waals surface area contributed by atoms with Gasteiger partial charge in [-0.15, -0.1) is 0 Å². The minimum Gasteiger partial charge on any atom is -0.310 e. The average Bonchev–Trinajstić information content (AvgIpc) is 3.63. The van der Waals surface area contributed by atoms with Crippen molar-refractivity contribution in [2.75, 3.05) is 4.90 Å². The molecule has 8 aromatic carbocycles. The van der Waals surface area contributed by atoms with Crippen molar-refractivity contribution in [3.8, 4) is 55.6 Å². The molecule has 0 bridgehead atoms. The maximum atomic E-state index is 2.49. The van der Waals surface area contributed by atoms with Crippen molar-refractivity contribution >= 4 is 17.1 Å². The van der Waals surface area contributed by atoms with Crippen LogP contribution in [0, 0.1) is 0 Å². The number of hydrogen-bond acceptors (Lipinski definition) is 1. The minimum absolute atomic E-state index is 0.0526. The van der Waals surface area contributed by atoms with E-state index >= 15 is 0 Å². The molecule has 0 amide bonds. The maximum Gasteiger partial charge on any atom is 0.0503 e. The van der Waals surface area contributed by atoms with E-state index in [-0.39, 0.29) is 16.2 Å². The minimum atomic E-state index is -0.268. The van der Waals surface area contributed by atoms with Crippen molar-refractivity contribution in [3.63, 3.8) is 0 Å². The monoisotopic (exact) mass is 745 g/mol. The first-order valence-electron chi connectivity index (χ1n) is 20.8. The van der Waals surface area contributed by atoms with E-state index in [0.29, 0.717) is 0 Å². The molecule has 0 aromatic heterocycles. The number of anilines is 3. The van der Waals surface area contributed by atoms with Crippen LogP contribution in [0.25, 0.3) is 55.6 Å². The normalized spacial score (nSPS) is 15.8. The van der Waals surface area contributed by atoms with Gasteiger partial charge < -0.3 is 4.90 Å². The molecule has 1 aliphatic heterocycles. The van der Waals surface area contributed by atoms with Crippen LogP contribution >= 0.6 is 0 Å². The van der Waals surface area contributed by atoms with Crippen LogP contribution in [0.15, 0.2) is 176 Å². The molecule has 0 saturated heterocycles. The van der Waals surface area contributed by atoms with E-state index < -0.39 is 0 Å². The van der Waals surface area contributed by atoms with E-state index in [1.54, 1.807) is 0 Å². The first-order valence-corrected chi connectivity index (χ1v) is 20.8. The zero-order valence-corrected chi connectivity index (χ0v) is 34.2. The third-order valence-corrected chi connectivity index (χ3v) is 13.9. The molecular formula is C57H47N. The predicted octanol–water partition coefficient (Wildman–Crippen LogP) is 15.4. The van der Waals surface area contributed by atoms with Crippen LogP contribution in [0.2, 0.25) is 0 Å². The van der Waals surface area contributed by atoms with Gasteiger partial charge in [0.25, 0.3) is 0 Å². The van der Waals surface area contributed by atoms with Gasteiger partial charge >= 0.3 is 0 Å². The highest BCUT2D eigenvalue weighted by Crippen LogP contribution is 2.55. The van der Waals surface area contributed by atoms with E-state index in [2.05, 4.69) is 222 Å². The molecule has 0 radical (unpaired) electrons. The van der Waals surface area contributed by atoms with Gasteiger partial charge in [-0.2, -0.15) is 0 Å². The van der Waals surface area contributed by atoms with Gasteiger partial charge in [0.05, 0.1) is 11.4 Å². The molecule has 11 rings (SSSR count). The van der Waals surface area contributed by atoms with Crippen molar-refractivity contribution < 1.29 is 0 Å². The molecule has 0 unspecified atom stereocenters. The highest BCUT2D eigenvalue weighted by molar-refractivity contribution is 5.91. The standard InChI is InChI=1S/C57H47N/c1-55(2)47-18-12-10-16-43(47)45-28-22-38(32-49(45)55)40-24-30-53-51(34-40)57(5,6)52-35-41(39-23-29-46-44-17-11-13-19-48(44)56(3,4)50(46)33-39)25-31-54(52)58(53)42-26-20-37(21-27-42)36-14-8-7-9-15-36/h7-35H,1-6H3. The summed E-state index contributed by atoms with van der Waals surface area (Å²) in [6, 6.07) is 66.2. The molecule has 1 nitrogen and oxygen atoms in total. The fourth-order valence-electron chi connectivity index (χ4n) is 10.6. The quantitative estimate of drug-likeness (QED) is 0.173. The topological polar surface area (TPSA) is 3.24 Å². The molecular weight excluding hydrogens is 699 g/mol. The van der Waals surface area contributed by atoms with Crippen LogP contribution in [0.1, 0.15) is 74.9 Å². The zero-order valence-electron chi connectivity index (χ0n) is 34.2.